The van der Waals surface area contributed by atoms with E-state index in [1.54, 1.807) is 0 Å². The predicted molar refractivity (Wildman–Crippen MR) is 72.3 cm³/mol. The largest absolute Gasteiger partial charge is 0.460 e. The van der Waals surface area contributed by atoms with Crippen molar-refractivity contribution in [2.24, 2.45) is 0 Å². The van der Waals surface area contributed by atoms with E-state index in [0.29, 0.717) is 10.6 Å². The molecule has 194 valence electrons. The van der Waals surface area contributed by atoms with Crippen LogP contribution in [0.2, 0.25) is 0 Å². The molecule has 1 heterocycles. The monoisotopic (exact) mass is 524 g/mol. The summed E-state index contributed by atoms with van der Waals surface area (Å²) in [4.78, 5) is 22.7. The summed E-state index contributed by atoms with van der Waals surface area (Å²) in [6.45, 7) is 0.139. The Kier molecular flexibility index (Phi) is 7.52. The first kappa shape index (κ1) is 28.9. The summed E-state index contributed by atoms with van der Waals surface area (Å²) >= 11 is 0. The minimum atomic E-state index is -6.98. The number of ether oxygens (including phenoxy) is 2. The van der Waals surface area contributed by atoms with E-state index in [-0.39, 0.29) is 0 Å². The number of rotatable bonds is 6. The molecule has 20 heteroatoms. The lowest BCUT2D eigenvalue weighted by molar-refractivity contribution is -0.345. The lowest BCUT2D eigenvalue weighted by Crippen LogP contribution is -2.67. The highest BCUT2D eigenvalue weighted by Crippen LogP contribution is 2.47. The second kappa shape index (κ2) is 8.58. The molecule has 0 aliphatic carbocycles. The van der Waals surface area contributed by atoms with Crippen molar-refractivity contribution in [3.05, 3.63) is 0 Å². The van der Waals surface area contributed by atoms with Crippen molar-refractivity contribution in [1.82, 2.24) is 10.6 Å². The number of carbonyl (C=O) groups is 2. The number of nitrogens with one attached hydrogen (secondary N) is 2. The number of amides is 2. The molecule has 1 fully saturated rings. The molecule has 2 amide bonds. The molecular weight excluding hydrogens is 514 g/mol. The second-order valence-electron chi connectivity index (χ2n) is 6.36. The molecule has 2 N–H and O–H groups in total. The number of carbonyl (C=O) groups excluding carboxylic acids is 2. The van der Waals surface area contributed by atoms with Gasteiger partial charge in [0, 0.05) is 0 Å². The van der Waals surface area contributed by atoms with Crippen LogP contribution in [0.4, 0.5) is 61.5 Å². The van der Waals surface area contributed by atoms with Gasteiger partial charge in [-0.15, -0.1) is 0 Å². The van der Waals surface area contributed by atoms with Crippen LogP contribution in [0.15, 0.2) is 0 Å². The van der Waals surface area contributed by atoms with Crippen LogP contribution in [0, 0.1) is 0 Å². The topological polar surface area (TPSA) is 76.7 Å². The maximum atomic E-state index is 13.4. The smallest absolute Gasteiger partial charge is 0.351 e. The standard InChI is InChI=1S/C13H10F14N2O4/c1-3-2-32-4(28-6(30)8(14,15)10(18,19)12(22,23)24)5(33-3)29-7(31)9(16,17)11(20,21)13(25,26)27/h3-5H,2H2,1H3,(H,28,30)(H,29,31)/t3-,4+,5-/m1/s1. The van der Waals surface area contributed by atoms with Crippen molar-refractivity contribution in [3.8, 4) is 0 Å². The van der Waals surface area contributed by atoms with Gasteiger partial charge in [0.2, 0.25) is 0 Å². The normalized spacial score (nSPS) is 23.8. The summed E-state index contributed by atoms with van der Waals surface area (Å²) in [7, 11) is 0. The third-order valence-corrected chi connectivity index (χ3v) is 3.78. The average molecular weight is 524 g/mol. The Morgan fingerprint density at radius 2 is 1.00 bits per heavy atom. The highest BCUT2D eigenvalue weighted by Gasteiger charge is 2.77. The summed E-state index contributed by atoms with van der Waals surface area (Å²) in [6, 6.07) is 0. The van der Waals surface area contributed by atoms with Gasteiger partial charge in [-0.25, -0.2) is 0 Å². The maximum absolute atomic E-state index is 13.4. The zero-order valence-electron chi connectivity index (χ0n) is 15.4. The van der Waals surface area contributed by atoms with E-state index in [1.165, 1.54) is 0 Å². The molecule has 0 aromatic carbocycles. The van der Waals surface area contributed by atoms with E-state index >= 15 is 0 Å². The van der Waals surface area contributed by atoms with E-state index in [2.05, 4.69) is 9.47 Å². The fourth-order valence-electron chi connectivity index (χ4n) is 2.00. The summed E-state index contributed by atoms with van der Waals surface area (Å²) in [6.07, 6.45) is -20.9. The summed E-state index contributed by atoms with van der Waals surface area (Å²) in [5.41, 5.74) is 0. The zero-order valence-corrected chi connectivity index (χ0v) is 15.4. The highest BCUT2D eigenvalue weighted by molar-refractivity contribution is 5.86. The molecule has 0 spiro atoms. The molecule has 33 heavy (non-hydrogen) atoms. The van der Waals surface area contributed by atoms with E-state index < -0.39 is 73.0 Å². The molecule has 6 nitrogen and oxygen atoms in total. The molecule has 0 aromatic heterocycles. The van der Waals surface area contributed by atoms with Crippen LogP contribution in [0.3, 0.4) is 0 Å². The number of halogens is 14. The Balaban J connectivity index is 3.14. The molecule has 0 unspecified atom stereocenters. The Labute approximate surface area is 172 Å². The Morgan fingerprint density at radius 1 is 0.667 bits per heavy atom. The van der Waals surface area contributed by atoms with Gasteiger partial charge in [-0.1, -0.05) is 0 Å². The SMILES string of the molecule is C[C@@H]1CO[C@H](NC(=O)C(F)(F)C(F)(F)C(F)(F)F)[C@H](NC(=O)C(F)(F)C(F)(F)C(F)(F)F)O1. The van der Waals surface area contributed by atoms with Crippen molar-refractivity contribution in [1.29, 1.82) is 0 Å². The Morgan fingerprint density at radius 3 is 1.33 bits per heavy atom. The first-order chi connectivity index (χ1) is 14.4. The number of hydrogen-bond donors (Lipinski definition) is 2. The summed E-state index contributed by atoms with van der Waals surface area (Å²) in [5.74, 6) is -34.0. The number of alkyl halides is 14. The van der Waals surface area contributed by atoms with E-state index in [1.807, 2.05) is 0 Å². The molecule has 0 saturated carbocycles. The molecule has 0 radical (unpaired) electrons. The van der Waals surface area contributed by atoms with Gasteiger partial charge >= 0.3 is 36.0 Å². The molecule has 1 saturated heterocycles. The fourth-order valence-corrected chi connectivity index (χ4v) is 2.00. The van der Waals surface area contributed by atoms with Gasteiger partial charge in [0.25, 0.3) is 11.8 Å². The van der Waals surface area contributed by atoms with Gasteiger partial charge in [0.1, 0.15) is 0 Å². The molecule has 0 aromatic rings. The van der Waals surface area contributed by atoms with E-state index in [0.717, 1.165) is 6.92 Å². The predicted octanol–water partition coefficient (Wildman–Crippen LogP) is 2.97. The fraction of sp³-hybridized carbons (Fsp3) is 0.846. The van der Waals surface area contributed by atoms with Crippen LogP contribution in [0.25, 0.3) is 0 Å². The van der Waals surface area contributed by atoms with Gasteiger partial charge in [0.05, 0.1) is 12.7 Å². The molecule has 3 atom stereocenters. The third-order valence-electron chi connectivity index (χ3n) is 3.78. The van der Waals surface area contributed by atoms with Crippen LogP contribution >= 0.6 is 0 Å². The van der Waals surface area contributed by atoms with Crippen molar-refractivity contribution < 1.29 is 80.5 Å². The van der Waals surface area contributed by atoms with Crippen LogP contribution in [0.5, 0.6) is 0 Å². The summed E-state index contributed by atoms with van der Waals surface area (Å²) in [5, 5.41) is 1.31. The van der Waals surface area contributed by atoms with Gasteiger partial charge in [-0.3, -0.25) is 9.59 Å². The lowest BCUT2D eigenvalue weighted by atomic mass is 10.1. The summed E-state index contributed by atoms with van der Waals surface area (Å²) < 4.78 is 187. The third kappa shape index (κ3) is 5.19. The Bertz CT molecular complexity index is 750. The maximum Gasteiger partial charge on any atom is 0.460 e. The molecular formula is C13H10F14N2O4. The van der Waals surface area contributed by atoms with Crippen molar-refractivity contribution in [2.45, 2.75) is 61.5 Å². The highest BCUT2D eigenvalue weighted by atomic mass is 19.4. The van der Waals surface area contributed by atoms with Gasteiger partial charge in [-0.05, 0) is 6.92 Å². The van der Waals surface area contributed by atoms with Crippen LogP contribution in [-0.2, 0) is 19.1 Å². The van der Waals surface area contributed by atoms with Crippen molar-refractivity contribution in [3.63, 3.8) is 0 Å². The van der Waals surface area contributed by atoms with E-state index in [9.17, 15) is 71.1 Å². The lowest BCUT2D eigenvalue weighted by Gasteiger charge is -2.38. The molecule has 1 rings (SSSR count). The van der Waals surface area contributed by atoms with Gasteiger partial charge in [-0.2, -0.15) is 61.5 Å². The quantitative estimate of drug-likeness (QED) is 0.525. The number of hydrogen-bond acceptors (Lipinski definition) is 4. The zero-order chi connectivity index (χ0) is 26.4. The minimum Gasteiger partial charge on any atom is -0.351 e. The van der Waals surface area contributed by atoms with Crippen LogP contribution in [-0.4, -0.2) is 73.0 Å². The van der Waals surface area contributed by atoms with E-state index in [4.69, 9.17) is 0 Å². The first-order valence-corrected chi connectivity index (χ1v) is 7.95. The van der Waals surface area contributed by atoms with Gasteiger partial charge in [0.15, 0.2) is 12.5 Å². The van der Waals surface area contributed by atoms with Crippen molar-refractivity contribution in [2.75, 3.05) is 6.61 Å². The molecule has 1 aliphatic rings. The van der Waals surface area contributed by atoms with Crippen LogP contribution in [0.1, 0.15) is 6.92 Å². The van der Waals surface area contributed by atoms with Crippen LogP contribution < -0.4 is 10.6 Å². The molecule has 0 bridgehead atoms. The minimum absolute atomic E-state index is 0.648. The van der Waals surface area contributed by atoms with Crippen molar-refractivity contribution >= 4 is 11.8 Å². The molecule has 1 aliphatic heterocycles. The Hall–Kier alpha value is -2.12. The first-order valence-electron chi connectivity index (χ1n) is 7.95. The second-order valence-corrected chi connectivity index (χ2v) is 6.36. The average Bonchev–Trinajstić information content (AvgIpc) is 2.61. The van der Waals surface area contributed by atoms with Gasteiger partial charge < -0.3 is 20.1 Å².